The van der Waals surface area contributed by atoms with Crippen molar-refractivity contribution in [3.05, 3.63) is 164 Å². The SMILES string of the molecule is c1ccc(-c2ccc(-c3nc(-c4ccccc4)nc(-c4ccc(-c5ccc(-c6ccccn6)nc5)c5ccccc45)n3)cc2)cc1. The summed E-state index contributed by atoms with van der Waals surface area (Å²) in [6, 6.07) is 51.4. The number of rotatable bonds is 6. The van der Waals surface area contributed by atoms with Gasteiger partial charge in [-0.15, -0.1) is 0 Å². The minimum absolute atomic E-state index is 0.627. The van der Waals surface area contributed by atoms with E-state index in [-0.39, 0.29) is 0 Å². The Morgan fingerprint density at radius 1 is 0.304 bits per heavy atom. The first-order chi connectivity index (χ1) is 22.8. The summed E-state index contributed by atoms with van der Waals surface area (Å²) in [5.41, 5.74) is 8.94. The molecule has 0 aliphatic heterocycles. The minimum Gasteiger partial charge on any atom is -0.255 e. The molecule has 0 N–H and O–H groups in total. The molecular weight excluding hydrogens is 562 g/mol. The molecule has 0 radical (unpaired) electrons. The van der Waals surface area contributed by atoms with Gasteiger partial charge in [0.25, 0.3) is 0 Å². The topological polar surface area (TPSA) is 64.5 Å². The third kappa shape index (κ3) is 5.31. The van der Waals surface area contributed by atoms with E-state index in [1.807, 2.05) is 66.9 Å². The first-order valence-corrected chi connectivity index (χ1v) is 15.2. The van der Waals surface area contributed by atoms with Crippen LogP contribution in [0.3, 0.4) is 0 Å². The van der Waals surface area contributed by atoms with Crippen molar-refractivity contribution in [2.75, 3.05) is 0 Å². The molecule has 3 heterocycles. The van der Waals surface area contributed by atoms with Gasteiger partial charge in [0.15, 0.2) is 17.5 Å². The molecular formula is C41H27N5. The number of hydrogen-bond acceptors (Lipinski definition) is 5. The van der Waals surface area contributed by atoms with Gasteiger partial charge in [-0.05, 0) is 51.7 Å². The molecule has 5 nitrogen and oxygen atoms in total. The highest BCUT2D eigenvalue weighted by molar-refractivity contribution is 6.04. The molecule has 0 saturated heterocycles. The van der Waals surface area contributed by atoms with Gasteiger partial charge in [0.1, 0.15) is 0 Å². The van der Waals surface area contributed by atoms with Gasteiger partial charge in [0, 0.05) is 34.6 Å². The van der Waals surface area contributed by atoms with Gasteiger partial charge in [-0.25, -0.2) is 15.0 Å². The molecule has 5 aromatic carbocycles. The van der Waals surface area contributed by atoms with Crippen molar-refractivity contribution in [2.45, 2.75) is 0 Å². The number of benzene rings is 5. The Kier molecular flexibility index (Phi) is 7.09. The van der Waals surface area contributed by atoms with E-state index in [1.54, 1.807) is 6.20 Å². The Morgan fingerprint density at radius 3 is 1.46 bits per heavy atom. The summed E-state index contributed by atoms with van der Waals surface area (Å²) in [4.78, 5) is 24.2. The third-order valence-electron chi connectivity index (χ3n) is 8.08. The average Bonchev–Trinajstić information content (AvgIpc) is 3.15. The number of aromatic nitrogens is 5. The molecule has 8 rings (SSSR count). The molecule has 0 atom stereocenters. The summed E-state index contributed by atoms with van der Waals surface area (Å²) in [5.74, 6) is 1.89. The van der Waals surface area contributed by atoms with Crippen molar-refractivity contribution in [1.82, 2.24) is 24.9 Å². The van der Waals surface area contributed by atoms with Crippen molar-refractivity contribution in [1.29, 1.82) is 0 Å². The highest BCUT2D eigenvalue weighted by atomic mass is 15.0. The lowest BCUT2D eigenvalue weighted by Gasteiger charge is -2.13. The van der Waals surface area contributed by atoms with E-state index in [4.69, 9.17) is 19.9 Å². The molecule has 46 heavy (non-hydrogen) atoms. The van der Waals surface area contributed by atoms with Crippen LogP contribution in [-0.2, 0) is 0 Å². The molecule has 0 saturated carbocycles. The fourth-order valence-electron chi connectivity index (χ4n) is 5.75. The molecule has 3 aromatic heterocycles. The van der Waals surface area contributed by atoms with E-state index in [2.05, 4.69) is 96.0 Å². The lowest BCUT2D eigenvalue weighted by atomic mass is 9.95. The summed E-state index contributed by atoms with van der Waals surface area (Å²) >= 11 is 0. The van der Waals surface area contributed by atoms with Crippen LogP contribution in [0, 0.1) is 0 Å². The maximum absolute atomic E-state index is 5.06. The normalized spacial score (nSPS) is 11.0. The van der Waals surface area contributed by atoms with Crippen LogP contribution in [0.15, 0.2) is 164 Å². The Hall–Kier alpha value is -6.33. The van der Waals surface area contributed by atoms with Crippen molar-refractivity contribution in [2.24, 2.45) is 0 Å². The van der Waals surface area contributed by atoms with Crippen molar-refractivity contribution < 1.29 is 0 Å². The van der Waals surface area contributed by atoms with Crippen molar-refractivity contribution in [3.63, 3.8) is 0 Å². The zero-order valence-corrected chi connectivity index (χ0v) is 24.8. The highest BCUT2D eigenvalue weighted by Gasteiger charge is 2.16. The Labute approximate surface area is 267 Å². The Balaban J connectivity index is 1.24. The van der Waals surface area contributed by atoms with E-state index >= 15 is 0 Å². The summed E-state index contributed by atoms with van der Waals surface area (Å²) in [5, 5.41) is 2.16. The molecule has 5 heteroatoms. The molecule has 0 unspecified atom stereocenters. The number of pyridine rings is 2. The van der Waals surface area contributed by atoms with Crippen molar-refractivity contribution >= 4 is 10.8 Å². The number of nitrogens with zero attached hydrogens (tertiary/aromatic N) is 5. The van der Waals surface area contributed by atoms with Gasteiger partial charge < -0.3 is 0 Å². The fraction of sp³-hybridized carbons (Fsp3) is 0. The molecule has 0 fully saturated rings. The summed E-state index contributed by atoms with van der Waals surface area (Å²) in [6.45, 7) is 0. The van der Waals surface area contributed by atoms with E-state index in [0.29, 0.717) is 17.5 Å². The third-order valence-corrected chi connectivity index (χ3v) is 8.08. The predicted molar refractivity (Wildman–Crippen MR) is 186 cm³/mol. The van der Waals surface area contributed by atoms with Gasteiger partial charge in [-0.2, -0.15) is 0 Å². The zero-order valence-electron chi connectivity index (χ0n) is 24.8. The summed E-state index contributed by atoms with van der Waals surface area (Å²) < 4.78 is 0. The Bertz CT molecular complexity index is 2270. The Morgan fingerprint density at radius 2 is 0.804 bits per heavy atom. The maximum atomic E-state index is 5.06. The van der Waals surface area contributed by atoms with Gasteiger partial charge >= 0.3 is 0 Å². The maximum Gasteiger partial charge on any atom is 0.164 e. The van der Waals surface area contributed by atoms with Crippen LogP contribution in [0.1, 0.15) is 0 Å². The lowest BCUT2D eigenvalue weighted by Crippen LogP contribution is -2.00. The highest BCUT2D eigenvalue weighted by Crippen LogP contribution is 2.36. The zero-order chi connectivity index (χ0) is 30.7. The van der Waals surface area contributed by atoms with Crippen LogP contribution < -0.4 is 0 Å². The first-order valence-electron chi connectivity index (χ1n) is 15.2. The van der Waals surface area contributed by atoms with E-state index in [0.717, 1.165) is 55.5 Å². The van der Waals surface area contributed by atoms with Gasteiger partial charge in [0.05, 0.1) is 11.4 Å². The fourth-order valence-corrected chi connectivity index (χ4v) is 5.75. The average molecular weight is 590 g/mol. The smallest absolute Gasteiger partial charge is 0.164 e. The summed E-state index contributed by atoms with van der Waals surface area (Å²) in [7, 11) is 0. The first kappa shape index (κ1) is 27.2. The van der Waals surface area contributed by atoms with Gasteiger partial charge in [-0.1, -0.05) is 127 Å². The molecule has 0 aliphatic carbocycles. The predicted octanol–water partition coefficient (Wildman–Crippen LogP) is 9.82. The molecule has 0 aliphatic rings. The van der Waals surface area contributed by atoms with Crippen LogP contribution >= 0.6 is 0 Å². The molecule has 216 valence electrons. The minimum atomic E-state index is 0.627. The quantitative estimate of drug-likeness (QED) is 0.193. The van der Waals surface area contributed by atoms with Crippen LogP contribution in [0.2, 0.25) is 0 Å². The monoisotopic (exact) mass is 589 g/mol. The molecule has 0 amide bonds. The second-order valence-corrected chi connectivity index (χ2v) is 11.0. The van der Waals surface area contributed by atoms with Crippen LogP contribution in [0.5, 0.6) is 0 Å². The van der Waals surface area contributed by atoms with E-state index in [1.165, 1.54) is 5.56 Å². The van der Waals surface area contributed by atoms with Gasteiger partial charge in [-0.3, -0.25) is 9.97 Å². The second kappa shape index (κ2) is 12.0. The number of fused-ring (bicyclic) bond motifs is 1. The standard InChI is InChI=1S/C41H27N5/c1-3-11-28(12-4-1)29-18-20-31(21-19-29)40-44-39(30-13-5-2-6-14-30)45-41(46-40)36-24-23-33(34-15-7-8-16-35(34)36)32-22-25-38(43-27-32)37-17-9-10-26-42-37/h1-27H. The largest absolute Gasteiger partial charge is 0.255 e. The molecule has 0 bridgehead atoms. The van der Waals surface area contributed by atoms with Crippen LogP contribution in [0.25, 0.3) is 78.6 Å². The van der Waals surface area contributed by atoms with Crippen molar-refractivity contribution in [3.8, 4) is 67.8 Å². The summed E-state index contributed by atoms with van der Waals surface area (Å²) in [6.07, 6.45) is 3.70. The van der Waals surface area contributed by atoms with Crippen LogP contribution in [-0.4, -0.2) is 24.9 Å². The van der Waals surface area contributed by atoms with Gasteiger partial charge in [0.2, 0.25) is 0 Å². The van der Waals surface area contributed by atoms with E-state index < -0.39 is 0 Å². The second-order valence-electron chi connectivity index (χ2n) is 11.0. The molecule has 8 aromatic rings. The molecule has 0 spiro atoms. The van der Waals surface area contributed by atoms with E-state index in [9.17, 15) is 0 Å². The van der Waals surface area contributed by atoms with Crippen LogP contribution in [0.4, 0.5) is 0 Å². The number of hydrogen-bond donors (Lipinski definition) is 0. The lowest BCUT2D eigenvalue weighted by molar-refractivity contribution is 1.08.